The Kier molecular flexibility index (Phi) is 8.62. The number of nitrogens with two attached hydrogens (primary N) is 1. The molecule has 1 saturated heterocycles. The topological polar surface area (TPSA) is 49.6 Å². The molecule has 0 aliphatic carbocycles. The Morgan fingerprint density at radius 1 is 1.26 bits per heavy atom. The molecule has 1 heterocycles. The van der Waals surface area contributed by atoms with Gasteiger partial charge >= 0.3 is 0 Å². The molecule has 0 saturated carbocycles. The fraction of sp³-hybridized carbons (Fsp3) is 0.929. The van der Waals surface area contributed by atoms with Gasteiger partial charge in [-0.15, -0.1) is 12.4 Å². The second kappa shape index (κ2) is 8.77. The van der Waals surface area contributed by atoms with Gasteiger partial charge in [0.1, 0.15) is 0 Å². The highest BCUT2D eigenvalue weighted by molar-refractivity contribution is 5.85. The average molecular weight is 292 g/mol. The minimum absolute atomic E-state index is 0. The summed E-state index contributed by atoms with van der Waals surface area (Å²) < 4.78 is 0. The first-order valence-corrected chi connectivity index (χ1v) is 7.22. The van der Waals surface area contributed by atoms with E-state index in [2.05, 4.69) is 32.6 Å². The minimum Gasteiger partial charge on any atom is -0.337 e. The molecule has 1 amide bonds. The van der Waals surface area contributed by atoms with Crippen molar-refractivity contribution in [3.8, 4) is 0 Å². The molecule has 1 rings (SSSR count). The van der Waals surface area contributed by atoms with Crippen LogP contribution in [-0.2, 0) is 4.79 Å². The van der Waals surface area contributed by atoms with Gasteiger partial charge in [0.15, 0.2) is 0 Å². The zero-order chi connectivity index (χ0) is 13.7. The summed E-state index contributed by atoms with van der Waals surface area (Å²) in [5, 5.41) is 0. The SMILES string of the molecule is CC(C)N(C(=O)CN1CCCCC1CN)C(C)C.Cl. The molecule has 1 aliphatic rings. The number of hydrogen-bond acceptors (Lipinski definition) is 3. The Bertz CT molecular complexity index is 263. The maximum atomic E-state index is 12.4. The zero-order valence-electron chi connectivity index (χ0n) is 12.8. The lowest BCUT2D eigenvalue weighted by atomic mass is 10.0. The Hall–Kier alpha value is -0.320. The molecule has 4 nitrogen and oxygen atoms in total. The van der Waals surface area contributed by atoms with Gasteiger partial charge in [0.2, 0.25) is 5.91 Å². The van der Waals surface area contributed by atoms with E-state index in [0.29, 0.717) is 19.1 Å². The highest BCUT2D eigenvalue weighted by Gasteiger charge is 2.27. The highest BCUT2D eigenvalue weighted by atomic mass is 35.5. The largest absolute Gasteiger partial charge is 0.337 e. The maximum Gasteiger partial charge on any atom is 0.237 e. The predicted octanol–water partition coefficient (Wildman–Crippen LogP) is 1.87. The molecule has 0 bridgehead atoms. The van der Waals surface area contributed by atoms with Crippen LogP contribution >= 0.6 is 12.4 Å². The van der Waals surface area contributed by atoms with Gasteiger partial charge in [-0.1, -0.05) is 6.42 Å². The third-order valence-electron chi connectivity index (χ3n) is 3.76. The summed E-state index contributed by atoms with van der Waals surface area (Å²) in [5.74, 6) is 0.236. The van der Waals surface area contributed by atoms with Crippen LogP contribution in [0, 0.1) is 0 Å². The Morgan fingerprint density at radius 2 is 1.84 bits per heavy atom. The molecule has 0 aromatic carbocycles. The third-order valence-corrected chi connectivity index (χ3v) is 3.76. The number of carbonyl (C=O) groups is 1. The highest BCUT2D eigenvalue weighted by Crippen LogP contribution is 2.17. The third kappa shape index (κ3) is 5.28. The normalized spacial score (nSPS) is 20.5. The fourth-order valence-electron chi connectivity index (χ4n) is 2.96. The summed E-state index contributed by atoms with van der Waals surface area (Å²) in [5.41, 5.74) is 5.80. The predicted molar refractivity (Wildman–Crippen MR) is 82.6 cm³/mol. The summed E-state index contributed by atoms with van der Waals surface area (Å²) >= 11 is 0. The van der Waals surface area contributed by atoms with Gasteiger partial charge in [-0.25, -0.2) is 0 Å². The monoisotopic (exact) mass is 291 g/mol. The molecule has 1 aliphatic heterocycles. The fourth-order valence-corrected chi connectivity index (χ4v) is 2.96. The summed E-state index contributed by atoms with van der Waals surface area (Å²) in [6.07, 6.45) is 3.56. The van der Waals surface area contributed by atoms with Crippen LogP contribution in [0.3, 0.4) is 0 Å². The summed E-state index contributed by atoms with van der Waals surface area (Å²) in [6, 6.07) is 0.918. The molecule has 1 atom stereocenters. The van der Waals surface area contributed by atoms with Crippen LogP contribution in [0.2, 0.25) is 0 Å². The molecule has 1 fully saturated rings. The summed E-state index contributed by atoms with van der Waals surface area (Å²) in [7, 11) is 0. The number of carbonyl (C=O) groups excluding carboxylic acids is 1. The lowest BCUT2D eigenvalue weighted by Crippen LogP contribution is -2.52. The molecule has 2 N–H and O–H groups in total. The Balaban J connectivity index is 0.00000324. The van der Waals surface area contributed by atoms with E-state index in [0.717, 1.165) is 13.0 Å². The standard InChI is InChI=1S/C14H29N3O.ClH/c1-11(2)17(12(3)4)14(18)10-16-8-6-5-7-13(16)9-15;/h11-13H,5-10,15H2,1-4H3;1H. The lowest BCUT2D eigenvalue weighted by Gasteiger charge is -2.38. The number of likely N-dealkylation sites (tertiary alicyclic amines) is 1. The van der Waals surface area contributed by atoms with Crippen LogP contribution < -0.4 is 5.73 Å². The van der Waals surface area contributed by atoms with E-state index in [1.54, 1.807) is 0 Å². The van der Waals surface area contributed by atoms with Crippen molar-refractivity contribution in [3.05, 3.63) is 0 Å². The summed E-state index contributed by atoms with van der Waals surface area (Å²) in [4.78, 5) is 16.6. The Morgan fingerprint density at radius 3 is 2.32 bits per heavy atom. The van der Waals surface area contributed by atoms with Gasteiger partial charge in [-0.3, -0.25) is 9.69 Å². The smallest absolute Gasteiger partial charge is 0.237 e. The van der Waals surface area contributed by atoms with Crippen LogP contribution in [0.25, 0.3) is 0 Å². The van der Waals surface area contributed by atoms with Crippen molar-refractivity contribution in [2.24, 2.45) is 5.73 Å². The molecule has 114 valence electrons. The number of rotatable bonds is 5. The van der Waals surface area contributed by atoms with E-state index in [9.17, 15) is 4.79 Å². The van der Waals surface area contributed by atoms with Crippen molar-refractivity contribution in [1.82, 2.24) is 9.80 Å². The molecule has 0 aromatic rings. The van der Waals surface area contributed by atoms with Gasteiger partial charge < -0.3 is 10.6 Å². The first kappa shape index (κ1) is 18.7. The van der Waals surface area contributed by atoms with Gasteiger partial charge in [0.05, 0.1) is 6.54 Å². The number of nitrogens with zero attached hydrogens (tertiary/aromatic N) is 2. The van der Waals surface area contributed by atoms with Crippen LogP contribution in [-0.4, -0.2) is 53.5 Å². The van der Waals surface area contributed by atoms with Crippen molar-refractivity contribution < 1.29 is 4.79 Å². The van der Waals surface area contributed by atoms with Gasteiger partial charge in [0, 0.05) is 24.7 Å². The number of halogens is 1. The van der Waals surface area contributed by atoms with E-state index in [4.69, 9.17) is 5.73 Å². The lowest BCUT2D eigenvalue weighted by molar-refractivity contribution is -0.136. The molecule has 1 unspecified atom stereocenters. The van der Waals surface area contributed by atoms with Crippen molar-refractivity contribution in [1.29, 1.82) is 0 Å². The van der Waals surface area contributed by atoms with E-state index in [-0.39, 0.29) is 30.4 Å². The van der Waals surface area contributed by atoms with Crippen LogP contribution in [0.5, 0.6) is 0 Å². The van der Waals surface area contributed by atoms with Crippen molar-refractivity contribution >= 4 is 18.3 Å². The molecular formula is C14H30ClN3O. The Labute approximate surface area is 124 Å². The maximum absolute atomic E-state index is 12.4. The summed E-state index contributed by atoms with van der Waals surface area (Å²) in [6.45, 7) is 10.5. The second-order valence-corrected chi connectivity index (χ2v) is 5.84. The van der Waals surface area contributed by atoms with E-state index >= 15 is 0 Å². The van der Waals surface area contributed by atoms with Gasteiger partial charge in [-0.2, -0.15) is 0 Å². The molecule has 19 heavy (non-hydrogen) atoms. The van der Waals surface area contributed by atoms with Crippen molar-refractivity contribution in [2.45, 2.75) is 65.1 Å². The van der Waals surface area contributed by atoms with Crippen molar-refractivity contribution in [3.63, 3.8) is 0 Å². The molecular weight excluding hydrogens is 262 g/mol. The average Bonchev–Trinajstić information content (AvgIpc) is 2.28. The van der Waals surface area contributed by atoms with Crippen LogP contribution in [0.1, 0.15) is 47.0 Å². The van der Waals surface area contributed by atoms with E-state index in [1.165, 1.54) is 12.8 Å². The number of amides is 1. The molecule has 0 aromatic heterocycles. The van der Waals surface area contributed by atoms with Crippen LogP contribution in [0.4, 0.5) is 0 Å². The first-order chi connectivity index (χ1) is 8.47. The van der Waals surface area contributed by atoms with E-state index in [1.807, 2.05) is 4.90 Å². The molecule has 0 radical (unpaired) electrons. The van der Waals surface area contributed by atoms with Crippen molar-refractivity contribution in [2.75, 3.05) is 19.6 Å². The zero-order valence-corrected chi connectivity index (χ0v) is 13.6. The van der Waals surface area contributed by atoms with Gasteiger partial charge in [0.25, 0.3) is 0 Å². The van der Waals surface area contributed by atoms with Crippen LogP contribution in [0.15, 0.2) is 0 Å². The van der Waals surface area contributed by atoms with E-state index < -0.39 is 0 Å². The quantitative estimate of drug-likeness (QED) is 0.841. The molecule has 0 spiro atoms. The number of piperidine rings is 1. The molecule has 5 heteroatoms. The first-order valence-electron chi connectivity index (χ1n) is 7.22. The number of hydrogen-bond donors (Lipinski definition) is 1. The minimum atomic E-state index is 0. The second-order valence-electron chi connectivity index (χ2n) is 5.84. The van der Waals surface area contributed by atoms with Gasteiger partial charge in [-0.05, 0) is 47.1 Å².